The summed E-state index contributed by atoms with van der Waals surface area (Å²) in [7, 11) is 0. The van der Waals surface area contributed by atoms with Crippen molar-refractivity contribution in [1.29, 1.82) is 0 Å². The molecule has 1 aromatic carbocycles. The zero-order valence-electron chi connectivity index (χ0n) is 22.1. The Balaban J connectivity index is 3.49. The first-order chi connectivity index (χ1) is 15.7. The van der Waals surface area contributed by atoms with E-state index in [4.69, 9.17) is 4.74 Å². The predicted octanol–water partition coefficient (Wildman–Crippen LogP) is 4.52. The quantitative estimate of drug-likeness (QED) is 0.459. The Kier molecular flexibility index (Phi) is 10.9. The van der Waals surface area contributed by atoms with Crippen molar-refractivity contribution in [3.8, 4) is 5.75 Å². The Labute approximate surface area is 204 Å². The number of rotatable bonds is 10. The standard InChI is InChI=1S/C26H43N3O5/c1-10-18(6)29(22(23(31)27-17(4)5)19-11-13-20(30)14-12-19)24(32)21(15-16(2)3)28-25(33)34-26(7,8)9/h11-14,16-18,21-22,30H,10,15H2,1-9H3,(H,27,31)(H,28,33). The number of phenolic OH excluding ortho intramolecular Hbond substituents is 1. The highest BCUT2D eigenvalue weighted by atomic mass is 16.6. The molecule has 0 bridgehead atoms. The number of ether oxygens (including phenoxy) is 1. The van der Waals surface area contributed by atoms with Gasteiger partial charge in [-0.2, -0.15) is 0 Å². The van der Waals surface area contributed by atoms with Crippen LogP contribution in [0.1, 0.15) is 86.8 Å². The molecule has 1 aromatic rings. The summed E-state index contributed by atoms with van der Waals surface area (Å²) in [5.41, 5.74) is -0.136. The van der Waals surface area contributed by atoms with Crippen molar-refractivity contribution >= 4 is 17.9 Å². The fraction of sp³-hybridized carbons (Fsp3) is 0.654. The molecule has 8 nitrogen and oxygen atoms in total. The van der Waals surface area contributed by atoms with Gasteiger partial charge in [-0.1, -0.05) is 32.9 Å². The van der Waals surface area contributed by atoms with E-state index in [-0.39, 0.29) is 35.6 Å². The second-order valence-electron chi connectivity index (χ2n) is 10.5. The second kappa shape index (κ2) is 12.6. The van der Waals surface area contributed by atoms with Gasteiger partial charge in [0.15, 0.2) is 0 Å². The van der Waals surface area contributed by atoms with Gasteiger partial charge in [-0.05, 0) is 78.0 Å². The first-order valence-electron chi connectivity index (χ1n) is 12.1. The van der Waals surface area contributed by atoms with E-state index < -0.39 is 23.8 Å². The summed E-state index contributed by atoms with van der Waals surface area (Å²) in [6.45, 7) is 16.7. The number of phenols is 1. The molecule has 3 amide bonds. The number of carbonyl (C=O) groups excluding carboxylic acids is 3. The molecule has 192 valence electrons. The van der Waals surface area contributed by atoms with Gasteiger partial charge < -0.3 is 25.4 Å². The lowest BCUT2D eigenvalue weighted by atomic mass is 9.97. The van der Waals surface area contributed by atoms with Crippen LogP contribution in [0.2, 0.25) is 0 Å². The maximum Gasteiger partial charge on any atom is 0.408 e. The number of aromatic hydroxyl groups is 1. The third-order valence-corrected chi connectivity index (χ3v) is 5.18. The third-order valence-electron chi connectivity index (χ3n) is 5.18. The van der Waals surface area contributed by atoms with E-state index in [0.29, 0.717) is 18.4 Å². The van der Waals surface area contributed by atoms with Crippen LogP contribution >= 0.6 is 0 Å². The molecule has 0 aromatic heterocycles. The lowest BCUT2D eigenvalue weighted by Crippen LogP contribution is -2.56. The fourth-order valence-electron chi connectivity index (χ4n) is 3.58. The van der Waals surface area contributed by atoms with Gasteiger partial charge in [0, 0.05) is 12.1 Å². The molecule has 0 aliphatic carbocycles. The molecule has 0 radical (unpaired) electrons. The molecule has 0 saturated carbocycles. The zero-order valence-corrected chi connectivity index (χ0v) is 22.1. The summed E-state index contributed by atoms with van der Waals surface area (Å²) in [6, 6.07) is 4.05. The van der Waals surface area contributed by atoms with Crippen LogP contribution in [0.25, 0.3) is 0 Å². The Bertz CT molecular complexity index is 815. The van der Waals surface area contributed by atoms with Crippen molar-refractivity contribution in [1.82, 2.24) is 15.5 Å². The Morgan fingerprint density at radius 1 is 1.00 bits per heavy atom. The van der Waals surface area contributed by atoms with E-state index in [9.17, 15) is 19.5 Å². The lowest BCUT2D eigenvalue weighted by Gasteiger charge is -2.38. The first kappa shape index (κ1) is 29.3. The van der Waals surface area contributed by atoms with Crippen molar-refractivity contribution < 1.29 is 24.2 Å². The number of amides is 3. The number of hydrogen-bond donors (Lipinski definition) is 3. The van der Waals surface area contributed by atoms with E-state index in [0.717, 1.165) is 0 Å². The SMILES string of the molecule is CCC(C)N(C(=O)C(CC(C)C)NC(=O)OC(C)(C)C)C(C(=O)NC(C)C)c1ccc(O)cc1. The number of nitrogens with one attached hydrogen (secondary N) is 2. The largest absolute Gasteiger partial charge is 0.508 e. The van der Waals surface area contributed by atoms with Crippen molar-refractivity contribution in [3.05, 3.63) is 29.8 Å². The van der Waals surface area contributed by atoms with Crippen LogP contribution in [0, 0.1) is 5.92 Å². The van der Waals surface area contributed by atoms with Gasteiger partial charge in [-0.3, -0.25) is 9.59 Å². The molecule has 0 aliphatic heterocycles. The van der Waals surface area contributed by atoms with Gasteiger partial charge in [0.2, 0.25) is 11.8 Å². The molecule has 3 unspecified atom stereocenters. The van der Waals surface area contributed by atoms with Gasteiger partial charge in [-0.25, -0.2) is 4.79 Å². The van der Waals surface area contributed by atoms with Crippen LogP contribution in [0.4, 0.5) is 4.79 Å². The highest BCUT2D eigenvalue weighted by Gasteiger charge is 2.38. The Morgan fingerprint density at radius 2 is 1.56 bits per heavy atom. The van der Waals surface area contributed by atoms with Crippen molar-refractivity contribution in [2.24, 2.45) is 5.92 Å². The van der Waals surface area contributed by atoms with Crippen LogP contribution in [-0.2, 0) is 14.3 Å². The molecule has 1 rings (SSSR count). The summed E-state index contributed by atoms with van der Waals surface area (Å²) in [6.07, 6.45) is 0.318. The number of carbonyl (C=O) groups is 3. The number of benzene rings is 1. The maximum absolute atomic E-state index is 14.0. The van der Waals surface area contributed by atoms with Gasteiger partial charge >= 0.3 is 6.09 Å². The van der Waals surface area contributed by atoms with E-state index >= 15 is 0 Å². The maximum atomic E-state index is 14.0. The summed E-state index contributed by atoms with van der Waals surface area (Å²) in [5.74, 6) is -0.502. The Hall–Kier alpha value is -2.77. The molecule has 0 aliphatic rings. The minimum atomic E-state index is -0.930. The highest BCUT2D eigenvalue weighted by Crippen LogP contribution is 2.28. The van der Waals surface area contributed by atoms with Crippen LogP contribution < -0.4 is 10.6 Å². The second-order valence-corrected chi connectivity index (χ2v) is 10.5. The predicted molar refractivity (Wildman–Crippen MR) is 133 cm³/mol. The average Bonchev–Trinajstić information content (AvgIpc) is 2.69. The zero-order chi connectivity index (χ0) is 26.2. The van der Waals surface area contributed by atoms with Gasteiger partial charge in [0.25, 0.3) is 0 Å². The summed E-state index contributed by atoms with van der Waals surface area (Å²) in [4.78, 5) is 41.5. The normalized spacial score (nSPS) is 14.3. The van der Waals surface area contributed by atoms with Crippen molar-refractivity contribution in [3.63, 3.8) is 0 Å². The van der Waals surface area contributed by atoms with Gasteiger partial charge in [-0.15, -0.1) is 0 Å². The topological polar surface area (TPSA) is 108 Å². The van der Waals surface area contributed by atoms with Gasteiger partial charge in [0.05, 0.1) is 0 Å². The first-order valence-corrected chi connectivity index (χ1v) is 12.1. The minimum absolute atomic E-state index is 0.0671. The van der Waals surface area contributed by atoms with Crippen LogP contribution in [0.15, 0.2) is 24.3 Å². The summed E-state index contributed by atoms with van der Waals surface area (Å²) < 4.78 is 5.40. The van der Waals surface area contributed by atoms with Crippen molar-refractivity contribution in [2.75, 3.05) is 0 Å². The molecule has 0 saturated heterocycles. The molecule has 0 fully saturated rings. The van der Waals surface area contributed by atoms with Gasteiger partial charge in [0.1, 0.15) is 23.4 Å². The molecular weight excluding hydrogens is 434 g/mol. The number of alkyl carbamates (subject to hydrolysis) is 1. The fourth-order valence-corrected chi connectivity index (χ4v) is 3.58. The van der Waals surface area contributed by atoms with E-state index in [1.54, 1.807) is 37.8 Å². The summed E-state index contributed by atoms with van der Waals surface area (Å²) >= 11 is 0. The monoisotopic (exact) mass is 477 g/mol. The molecule has 8 heteroatoms. The molecule has 0 spiro atoms. The number of hydrogen-bond acceptors (Lipinski definition) is 5. The highest BCUT2D eigenvalue weighted by molar-refractivity contribution is 5.92. The van der Waals surface area contributed by atoms with Crippen LogP contribution in [0.5, 0.6) is 5.75 Å². The minimum Gasteiger partial charge on any atom is -0.508 e. The molecule has 0 heterocycles. The smallest absolute Gasteiger partial charge is 0.408 e. The van der Waals surface area contributed by atoms with Crippen LogP contribution in [0.3, 0.4) is 0 Å². The van der Waals surface area contributed by atoms with E-state index in [1.165, 1.54) is 12.1 Å². The number of nitrogens with zero attached hydrogens (tertiary/aromatic N) is 1. The molecule has 3 N–H and O–H groups in total. The molecular formula is C26H43N3O5. The average molecular weight is 478 g/mol. The molecule has 3 atom stereocenters. The lowest BCUT2D eigenvalue weighted by molar-refractivity contribution is -0.145. The van der Waals surface area contributed by atoms with E-state index in [2.05, 4.69) is 10.6 Å². The molecule has 34 heavy (non-hydrogen) atoms. The van der Waals surface area contributed by atoms with Crippen molar-refractivity contribution in [2.45, 2.75) is 105 Å². The Morgan fingerprint density at radius 3 is 2.00 bits per heavy atom. The van der Waals surface area contributed by atoms with Crippen LogP contribution in [-0.4, -0.2) is 51.6 Å². The summed E-state index contributed by atoms with van der Waals surface area (Å²) in [5, 5.41) is 15.4. The van der Waals surface area contributed by atoms with E-state index in [1.807, 2.05) is 41.5 Å². The third kappa shape index (κ3) is 9.23.